The molecule has 7 nitrogen and oxygen atoms in total. The van der Waals surface area contributed by atoms with E-state index in [2.05, 4.69) is 21.6 Å². The molecular formula is C20H23N5O2. The monoisotopic (exact) mass is 365 g/mol. The van der Waals surface area contributed by atoms with Crippen molar-refractivity contribution in [2.75, 3.05) is 5.32 Å². The highest BCUT2D eigenvalue weighted by Crippen LogP contribution is 2.30. The molecule has 0 spiro atoms. The predicted molar refractivity (Wildman–Crippen MR) is 102 cm³/mol. The Hall–Kier alpha value is -3.09. The second-order valence-electron chi connectivity index (χ2n) is 7.13. The van der Waals surface area contributed by atoms with E-state index in [4.69, 9.17) is 4.74 Å². The summed E-state index contributed by atoms with van der Waals surface area (Å²) in [6.45, 7) is 5.22. The third-order valence-corrected chi connectivity index (χ3v) is 4.59. The van der Waals surface area contributed by atoms with Crippen molar-refractivity contribution >= 4 is 11.6 Å². The average molecular weight is 365 g/mol. The van der Waals surface area contributed by atoms with Gasteiger partial charge in [0.2, 0.25) is 0 Å². The van der Waals surface area contributed by atoms with Crippen molar-refractivity contribution < 1.29 is 9.53 Å². The van der Waals surface area contributed by atoms with E-state index >= 15 is 0 Å². The Labute approximate surface area is 157 Å². The van der Waals surface area contributed by atoms with Gasteiger partial charge in [0.05, 0.1) is 11.9 Å². The van der Waals surface area contributed by atoms with Crippen LogP contribution in [0.15, 0.2) is 42.9 Å². The van der Waals surface area contributed by atoms with Crippen LogP contribution in [-0.4, -0.2) is 25.5 Å². The molecule has 1 saturated carbocycles. The maximum atomic E-state index is 12.4. The fourth-order valence-electron chi connectivity index (χ4n) is 2.94. The van der Waals surface area contributed by atoms with Gasteiger partial charge in [0.1, 0.15) is 5.75 Å². The van der Waals surface area contributed by atoms with Crippen molar-refractivity contribution in [1.82, 2.24) is 19.6 Å². The summed E-state index contributed by atoms with van der Waals surface area (Å²) >= 11 is 0. The number of ether oxygens (including phenoxy) is 1. The van der Waals surface area contributed by atoms with Crippen LogP contribution >= 0.6 is 0 Å². The SMILES string of the molecule is Cc1ccc(OCn2ccc(C(=O)Nc3cnn(CC4CC4)c3)n2)c(C)c1. The molecule has 1 amide bonds. The molecule has 3 aromatic rings. The Kier molecular flexibility index (Phi) is 4.66. The van der Waals surface area contributed by atoms with Gasteiger partial charge in [-0.05, 0) is 50.3 Å². The largest absolute Gasteiger partial charge is 0.471 e. The number of nitrogens with one attached hydrogen (secondary N) is 1. The minimum absolute atomic E-state index is 0.247. The Morgan fingerprint density at radius 1 is 1.26 bits per heavy atom. The smallest absolute Gasteiger partial charge is 0.276 e. The van der Waals surface area contributed by atoms with Gasteiger partial charge in [-0.2, -0.15) is 10.2 Å². The van der Waals surface area contributed by atoms with Gasteiger partial charge in [-0.1, -0.05) is 17.7 Å². The van der Waals surface area contributed by atoms with Crippen LogP contribution in [-0.2, 0) is 13.3 Å². The molecule has 0 atom stereocenters. The summed E-state index contributed by atoms with van der Waals surface area (Å²) in [5.41, 5.74) is 3.29. The van der Waals surface area contributed by atoms with Crippen LogP contribution in [0.1, 0.15) is 34.5 Å². The number of nitrogens with zero attached hydrogens (tertiary/aromatic N) is 4. The first-order chi connectivity index (χ1) is 13.1. The van der Waals surface area contributed by atoms with Crippen molar-refractivity contribution in [1.29, 1.82) is 0 Å². The zero-order valence-electron chi connectivity index (χ0n) is 15.6. The lowest BCUT2D eigenvalue weighted by Gasteiger charge is -2.09. The molecule has 1 N–H and O–H groups in total. The van der Waals surface area contributed by atoms with Gasteiger partial charge >= 0.3 is 0 Å². The van der Waals surface area contributed by atoms with Gasteiger partial charge in [0.25, 0.3) is 5.91 Å². The highest BCUT2D eigenvalue weighted by molar-refractivity contribution is 6.02. The number of aryl methyl sites for hydroxylation is 2. The number of hydrogen-bond acceptors (Lipinski definition) is 4. The number of benzene rings is 1. The maximum Gasteiger partial charge on any atom is 0.276 e. The van der Waals surface area contributed by atoms with Crippen LogP contribution in [0.2, 0.25) is 0 Å². The van der Waals surface area contributed by atoms with Crippen molar-refractivity contribution in [3.05, 3.63) is 59.7 Å². The molecule has 1 aliphatic carbocycles. The van der Waals surface area contributed by atoms with Gasteiger partial charge in [-0.3, -0.25) is 9.48 Å². The van der Waals surface area contributed by atoms with Crippen molar-refractivity contribution in [2.45, 2.75) is 40.0 Å². The molecule has 0 aliphatic heterocycles. The molecule has 27 heavy (non-hydrogen) atoms. The zero-order chi connectivity index (χ0) is 18.8. The normalized spacial score (nSPS) is 13.6. The third-order valence-electron chi connectivity index (χ3n) is 4.59. The molecule has 1 aromatic carbocycles. The molecule has 140 valence electrons. The summed E-state index contributed by atoms with van der Waals surface area (Å²) in [6.07, 6.45) is 7.79. The topological polar surface area (TPSA) is 74.0 Å². The van der Waals surface area contributed by atoms with Crippen LogP contribution in [0.4, 0.5) is 5.69 Å². The molecule has 7 heteroatoms. The van der Waals surface area contributed by atoms with E-state index in [0.717, 1.165) is 23.8 Å². The molecule has 1 fully saturated rings. The summed E-state index contributed by atoms with van der Waals surface area (Å²) in [5, 5.41) is 11.4. The molecule has 0 radical (unpaired) electrons. The minimum atomic E-state index is -0.258. The molecule has 0 unspecified atom stereocenters. The highest BCUT2D eigenvalue weighted by Gasteiger charge is 2.22. The first-order valence-corrected chi connectivity index (χ1v) is 9.14. The van der Waals surface area contributed by atoms with Gasteiger partial charge in [0.15, 0.2) is 12.4 Å². The summed E-state index contributed by atoms with van der Waals surface area (Å²) < 4.78 is 9.27. The number of amides is 1. The van der Waals surface area contributed by atoms with Gasteiger partial charge in [-0.25, -0.2) is 4.68 Å². The van der Waals surface area contributed by atoms with Crippen LogP contribution in [0.3, 0.4) is 0 Å². The van der Waals surface area contributed by atoms with Crippen LogP contribution in [0.5, 0.6) is 5.75 Å². The number of carbonyl (C=O) groups is 1. The maximum absolute atomic E-state index is 12.4. The van der Waals surface area contributed by atoms with E-state index in [0.29, 0.717) is 11.4 Å². The van der Waals surface area contributed by atoms with Gasteiger partial charge < -0.3 is 10.1 Å². The summed E-state index contributed by atoms with van der Waals surface area (Å²) in [7, 11) is 0. The fourth-order valence-corrected chi connectivity index (χ4v) is 2.94. The lowest BCUT2D eigenvalue weighted by Crippen LogP contribution is -2.14. The van der Waals surface area contributed by atoms with Gasteiger partial charge in [0, 0.05) is 18.9 Å². The van der Waals surface area contributed by atoms with Gasteiger partial charge in [-0.15, -0.1) is 0 Å². The first-order valence-electron chi connectivity index (χ1n) is 9.14. The van der Waals surface area contributed by atoms with E-state index in [9.17, 15) is 4.79 Å². The number of carbonyl (C=O) groups excluding carboxylic acids is 1. The fraction of sp³-hybridized carbons (Fsp3) is 0.350. The average Bonchev–Trinajstić information content (AvgIpc) is 3.14. The molecular weight excluding hydrogens is 342 g/mol. The number of anilines is 1. The second-order valence-corrected chi connectivity index (χ2v) is 7.13. The summed E-state index contributed by atoms with van der Waals surface area (Å²) in [5.74, 6) is 1.29. The highest BCUT2D eigenvalue weighted by atomic mass is 16.5. The predicted octanol–water partition coefficient (Wildman–Crippen LogP) is 3.40. The van der Waals surface area contributed by atoms with Crippen molar-refractivity contribution in [3.63, 3.8) is 0 Å². The van der Waals surface area contributed by atoms with Crippen molar-refractivity contribution in [3.8, 4) is 5.75 Å². The molecule has 4 rings (SSSR count). The lowest BCUT2D eigenvalue weighted by molar-refractivity contribution is 0.102. The van der Waals surface area contributed by atoms with Crippen molar-refractivity contribution in [2.24, 2.45) is 5.92 Å². The van der Waals surface area contributed by atoms with Crippen LogP contribution in [0, 0.1) is 19.8 Å². The molecule has 2 heterocycles. The van der Waals surface area contributed by atoms with E-state index < -0.39 is 0 Å². The Bertz CT molecular complexity index is 955. The Morgan fingerprint density at radius 2 is 2.11 bits per heavy atom. The number of aromatic nitrogens is 4. The molecule has 0 saturated heterocycles. The minimum Gasteiger partial charge on any atom is -0.471 e. The third kappa shape index (κ3) is 4.36. The molecule has 1 aliphatic rings. The Balaban J connectivity index is 1.33. The molecule has 0 bridgehead atoms. The summed E-state index contributed by atoms with van der Waals surface area (Å²) in [6, 6.07) is 7.70. The second kappa shape index (κ2) is 7.26. The Morgan fingerprint density at radius 3 is 2.89 bits per heavy atom. The van der Waals surface area contributed by atoms with E-state index in [1.54, 1.807) is 23.1 Å². The summed E-state index contributed by atoms with van der Waals surface area (Å²) in [4.78, 5) is 12.4. The van der Waals surface area contributed by atoms with Crippen LogP contribution in [0.25, 0.3) is 0 Å². The standard InChI is InChI=1S/C20H23N5O2/c1-14-3-6-19(15(2)9-14)27-13-24-8-7-18(23-24)20(26)22-17-10-21-25(12-17)11-16-4-5-16/h3,6-10,12,16H,4-5,11,13H2,1-2H3,(H,22,26). The van der Waals surface area contributed by atoms with E-state index in [1.807, 2.05) is 36.9 Å². The quantitative estimate of drug-likeness (QED) is 0.696. The number of hydrogen-bond donors (Lipinski definition) is 1. The molecule has 2 aromatic heterocycles. The van der Waals surface area contributed by atoms with E-state index in [1.165, 1.54) is 18.4 Å². The zero-order valence-corrected chi connectivity index (χ0v) is 15.6. The number of rotatable bonds is 7. The lowest BCUT2D eigenvalue weighted by atomic mass is 10.1. The van der Waals surface area contributed by atoms with Crippen LogP contribution < -0.4 is 10.1 Å². The van der Waals surface area contributed by atoms with E-state index in [-0.39, 0.29) is 12.6 Å². The first kappa shape index (κ1) is 17.3.